The Morgan fingerprint density at radius 1 is 1.39 bits per heavy atom. The lowest BCUT2D eigenvalue weighted by Gasteiger charge is -2.26. The van der Waals surface area contributed by atoms with Gasteiger partial charge >= 0.3 is 6.03 Å². The first kappa shape index (κ1) is 18.4. The number of carbonyl (C=O) groups is 1. The summed E-state index contributed by atoms with van der Waals surface area (Å²) >= 11 is 0. The van der Waals surface area contributed by atoms with Crippen LogP contribution in [0, 0.1) is 6.92 Å². The largest absolute Gasteiger partial charge is 0.376 e. The van der Waals surface area contributed by atoms with Crippen LogP contribution in [0.5, 0.6) is 0 Å². The van der Waals surface area contributed by atoms with Gasteiger partial charge in [-0.1, -0.05) is 29.8 Å². The minimum Gasteiger partial charge on any atom is -0.376 e. The number of nitrogens with one attached hydrogen (secondary N) is 1. The summed E-state index contributed by atoms with van der Waals surface area (Å²) in [5.41, 5.74) is 3.99. The highest BCUT2D eigenvalue weighted by Crippen LogP contribution is 2.16. The molecule has 7 heteroatoms. The van der Waals surface area contributed by atoms with Crippen molar-refractivity contribution in [1.29, 1.82) is 0 Å². The summed E-state index contributed by atoms with van der Waals surface area (Å²) in [5.74, 6) is 0. The first-order valence-corrected chi connectivity index (χ1v) is 9.65. The van der Waals surface area contributed by atoms with Crippen LogP contribution in [0.1, 0.15) is 29.7 Å². The highest BCUT2D eigenvalue weighted by Gasteiger charge is 2.23. The number of carbonyl (C=O) groups excluding carboxylic acids is 1. The first-order chi connectivity index (χ1) is 13.7. The van der Waals surface area contributed by atoms with Gasteiger partial charge in [0.15, 0.2) is 5.65 Å². The van der Waals surface area contributed by atoms with E-state index in [0.717, 1.165) is 36.4 Å². The zero-order chi connectivity index (χ0) is 19.3. The van der Waals surface area contributed by atoms with E-state index in [2.05, 4.69) is 40.4 Å². The highest BCUT2D eigenvalue weighted by atomic mass is 16.5. The second-order valence-electron chi connectivity index (χ2n) is 7.22. The Labute approximate surface area is 164 Å². The topological polar surface area (TPSA) is 71.8 Å². The minimum atomic E-state index is -0.0963. The number of ether oxygens (including phenoxy) is 1. The average Bonchev–Trinajstić information content (AvgIpc) is 3.35. The molecule has 1 aromatic carbocycles. The van der Waals surface area contributed by atoms with Crippen molar-refractivity contribution in [2.75, 3.05) is 13.2 Å². The van der Waals surface area contributed by atoms with E-state index >= 15 is 0 Å². The number of hydrogen-bond donors (Lipinski definition) is 1. The van der Waals surface area contributed by atoms with Crippen molar-refractivity contribution in [3.63, 3.8) is 0 Å². The fraction of sp³-hybridized carbons (Fsp3) is 0.381. The summed E-state index contributed by atoms with van der Waals surface area (Å²) in [7, 11) is 0. The zero-order valence-electron chi connectivity index (χ0n) is 16.0. The number of urea groups is 1. The van der Waals surface area contributed by atoms with Crippen molar-refractivity contribution in [3.05, 3.63) is 65.9 Å². The van der Waals surface area contributed by atoms with Gasteiger partial charge in [0.05, 0.1) is 30.7 Å². The van der Waals surface area contributed by atoms with Crippen LogP contribution in [0.25, 0.3) is 5.65 Å². The molecule has 3 aromatic rings. The molecule has 0 aliphatic carbocycles. The summed E-state index contributed by atoms with van der Waals surface area (Å²) in [5, 5.41) is 3.04. The van der Waals surface area contributed by atoms with Gasteiger partial charge in [0, 0.05) is 32.1 Å². The monoisotopic (exact) mass is 379 g/mol. The molecule has 1 aliphatic rings. The van der Waals surface area contributed by atoms with Crippen molar-refractivity contribution in [3.8, 4) is 0 Å². The van der Waals surface area contributed by atoms with Crippen LogP contribution in [0.15, 0.2) is 49.1 Å². The third kappa shape index (κ3) is 4.31. The Kier molecular flexibility index (Phi) is 5.53. The molecule has 7 nitrogen and oxygen atoms in total. The summed E-state index contributed by atoms with van der Waals surface area (Å²) in [6.45, 7) is 4.40. The van der Waals surface area contributed by atoms with Gasteiger partial charge in [0.1, 0.15) is 0 Å². The molecule has 2 amide bonds. The van der Waals surface area contributed by atoms with E-state index in [1.54, 1.807) is 18.6 Å². The Hall–Kier alpha value is -2.93. The number of fused-ring (bicyclic) bond motifs is 1. The van der Waals surface area contributed by atoms with E-state index < -0.39 is 0 Å². The van der Waals surface area contributed by atoms with Crippen LogP contribution >= 0.6 is 0 Å². The number of imidazole rings is 1. The van der Waals surface area contributed by atoms with Crippen molar-refractivity contribution < 1.29 is 9.53 Å². The number of hydrogen-bond acceptors (Lipinski definition) is 4. The van der Waals surface area contributed by atoms with Crippen molar-refractivity contribution >= 4 is 11.7 Å². The first-order valence-electron chi connectivity index (χ1n) is 9.65. The van der Waals surface area contributed by atoms with Gasteiger partial charge in [-0.2, -0.15) is 0 Å². The molecule has 0 radical (unpaired) electrons. The van der Waals surface area contributed by atoms with E-state index in [-0.39, 0.29) is 12.1 Å². The zero-order valence-corrected chi connectivity index (χ0v) is 16.0. The van der Waals surface area contributed by atoms with Crippen molar-refractivity contribution in [1.82, 2.24) is 24.6 Å². The van der Waals surface area contributed by atoms with Crippen molar-refractivity contribution in [2.24, 2.45) is 0 Å². The van der Waals surface area contributed by atoms with Gasteiger partial charge < -0.3 is 15.0 Å². The van der Waals surface area contributed by atoms with Crippen molar-refractivity contribution in [2.45, 2.75) is 39.0 Å². The Balaban J connectivity index is 1.45. The smallest absolute Gasteiger partial charge is 0.318 e. The lowest BCUT2D eigenvalue weighted by molar-refractivity contribution is 0.0794. The summed E-state index contributed by atoms with van der Waals surface area (Å²) in [4.78, 5) is 23.2. The molecule has 28 heavy (non-hydrogen) atoms. The number of aromatic nitrogens is 3. The minimum absolute atomic E-state index is 0.0963. The van der Waals surface area contributed by atoms with E-state index in [1.807, 2.05) is 21.6 Å². The molecular weight excluding hydrogens is 354 g/mol. The maximum Gasteiger partial charge on any atom is 0.318 e. The molecule has 0 bridgehead atoms. The molecule has 0 unspecified atom stereocenters. The van der Waals surface area contributed by atoms with Gasteiger partial charge in [-0.3, -0.25) is 9.38 Å². The van der Waals surface area contributed by atoms with Gasteiger partial charge in [0.2, 0.25) is 0 Å². The van der Waals surface area contributed by atoms with Crippen LogP contribution in [-0.4, -0.2) is 44.6 Å². The second kappa shape index (κ2) is 8.39. The summed E-state index contributed by atoms with van der Waals surface area (Å²) in [6, 6.07) is 8.17. The van der Waals surface area contributed by atoms with Gasteiger partial charge in [-0.15, -0.1) is 0 Å². The van der Waals surface area contributed by atoms with Gasteiger partial charge in [-0.25, -0.2) is 9.78 Å². The Morgan fingerprint density at radius 3 is 3.14 bits per heavy atom. The normalized spacial score (nSPS) is 16.4. The van der Waals surface area contributed by atoms with Crippen LogP contribution in [0.3, 0.4) is 0 Å². The molecule has 1 fully saturated rings. The fourth-order valence-electron chi connectivity index (χ4n) is 3.59. The van der Waals surface area contributed by atoms with Crippen LogP contribution in [0.4, 0.5) is 4.79 Å². The summed E-state index contributed by atoms with van der Waals surface area (Å²) in [6.07, 6.45) is 9.19. The maximum absolute atomic E-state index is 13.0. The number of benzene rings is 1. The predicted octanol–water partition coefficient (Wildman–Crippen LogP) is 2.93. The van der Waals surface area contributed by atoms with E-state index in [0.29, 0.717) is 19.6 Å². The van der Waals surface area contributed by atoms with E-state index in [1.165, 1.54) is 5.56 Å². The summed E-state index contributed by atoms with van der Waals surface area (Å²) < 4.78 is 7.69. The number of amides is 2. The third-order valence-corrected chi connectivity index (χ3v) is 5.01. The van der Waals surface area contributed by atoms with Crippen LogP contribution in [-0.2, 0) is 17.8 Å². The van der Waals surface area contributed by atoms with E-state index in [4.69, 9.17) is 4.74 Å². The molecule has 146 valence electrons. The molecule has 4 rings (SSSR count). The standard InChI is InChI=1S/C21H25N5O2/c1-16-4-2-5-17(10-16)14-25(15-19-6-3-9-28-19)21(27)24-12-18-11-23-20-13-22-7-8-26(18)20/h2,4-5,7-8,10-11,13,19H,3,6,9,12,14-15H2,1H3,(H,24,27)/t19-/m1/s1. The van der Waals surface area contributed by atoms with Gasteiger partial charge in [-0.05, 0) is 25.3 Å². The molecule has 1 N–H and O–H groups in total. The van der Waals surface area contributed by atoms with Gasteiger partial charge in [0.25, 0.3) is 0 Å². The second-order valence-corrected chi connectivity index (χ2v) is 7.22. The third-order valence-electron chi connectivity index (χ3n) is 5.01. The number of nitrogens with zero attached hydrogens (tertiary/aromatic N) is 4. The van der Waals surface area contributed by atoms with Crippen LogP contribution < -0.4 is 5.32 Å². The quantitative estimate of drug-likeness (QED) is 0.715. The highest BCUT2D eigenvalue weighted by molar-refractivity contribution is 5.74. The number of aryl methyl sites for hydroxylation is 1. The predicted molar refractivity (Wildman–Crippen MR) is 106 cm³/mol. The van der Waals surface area contributed by atoms with E-state index in [9.17, 15) is 4.79 Å². The Bertz CT molecular complexity index is 949. The molecular formula is C21H25N5O2. The average molecular weight is 379 g/mol. The molecule has 0 saturated carbocycles. The number of rotatable bonds is 6. The molecule has 1 atom stereocenters. The molecule has 2 aromatic heterocycles. The molecule has 1 saturated heterocycles. The lowest BCUT2D eigenvalue weighted by atomic mass is 10.1. The Morgan fingerprint density at radius 2 is 2.32 bits per heavy atom. The van der Waals surface area contributed by atoms with Crippen LogP contribution in [0.2, 0.25) is 0 Å². The molecule has 3 heterocycles. The SMILES string of the molecule is Cc1cccc(CN(C[C@H]2CCCO2)C(=O)NCc2cnc3cnccn23)c1. The molecule has 0 spiro atoms. The molecule has 1 aliphatic heterocycles. The maximum atomic E-state index is 13.0. The fourth-order valence-corrected chi connectivity index (χ4v) is 3.59. The lowest BCUT2D eigenvalue weighted by Crippen LogP contribution is -2.43.